The van der Waals surface area contributed by atoms with Crippen LogP contribution in [0.15, 0.2) is 0 Å². The monoisotopic (exact) mass is 256 g/mol. The second-order valence-electron chi connectivity index (χ2n) is 5.81. The number of hydrogen-bond donors (Lipinski definition) is 0. The predicted molar refractivity (Wildman–Crippen MR) is 63.2 cm³/mol. The van der Waals surface area contributed by atoms with E-state index in [4.69, 9.17) is 9.47 Å². The molecule has 2 aliphatic heterocycles. The number of carbonyl (C=O) groups is 2. The van der Waals surface area contributed by atoms with E-state index in [0.29, 0.717) is 13.0 Å². The van der Waals surface area contributed by atoms with Crippen molar-refractivity contribution >= 4 is 11.9 Å². The summed E-state index contributed by atoms with van der Waals surface area (Å²) in [5.41, 5.74) is -1.89. The van der Waals surface area contributed by atoms with Gasteiger partial charge in [-0.3, -0.25) is 0 Å². The highest BCUT2D eigenvalue weighted by Crippen LogP contribution is 2.36. The quantitative estimate of drug-likeness (QED) is 0.503. The average molecular weight is 256 g/mol. The highest BCUT2D eigenvalue weighted by Gasteiger charge is 2.60. The van der Waals surface area contributed by atoms with Gasteiger partial charge in [0.05, 0.1) is 0 Å². The minimum Gasteiger partial charge on any atom is -0.458 e. The molecule has 0 aromatic heterocycles. The molecule has 2 aliphatic rings. The molecule has 0 bridgehead atoms. The highest BCUT2D eigenvalue weighted by atomic mass is 16.6. The molecule has 102 valence electrons. The van der Waals surface area contributed by atoms with Crippen LogP contribution >= 0.6 is 0 Å². The minimum absolute atomic E-state index is 0.184. The molecule has 2 rings (SSSR count). The highest BCUT2D eigenvalue weighted by molar-refractivity contribution is 6.05. The van der Waals surface area contributed by atoms with Crippen LogP contribution in [0.3, 0.4) is 0 Å². The number of ether oxygens (including phenoxy) is 2. The van der Waals surface area contributed by atoms with Gasteiger partial charge < -0.3 is 9.47 Å². The first kappa shape index (κ1) is 13.3. The number of hydrogen-bond acceptors (Lipinski definition) is 6. The summed E-state index contributed by atoms with van der Waals surface area (Å²) in [5.74, 6) is -1.00. The summed E-state index contributed by atoms with van der Waals surface area (Å²) in [5, 5.41) is 3.53. The Bertz CT molecular complexity index is 377. The summed E-state index contributed by atoms with van der Waals surface area (Å²) in [7, 11) is 1.80. The van der Waals surface area contributed by atoms with Gasteiger partial charge in [-0.05, 0) is 33.6 Å². The maximum absolute atomic E-state index is 12.4. The normalized spacial score (nSPS) is 29.9. The molecule has 18 heavy (non-hydrogen) atoms. The van der Waals surface area contributed by atoms with Crippen molar-refractivity contribution in [1.29, 1.82) is 0 Å². The molecule has 6 heteroatoms. The van der Waals surface area contributed by atoms with Crippen molar-refractivity contribution < 1.29 is 19.1 Å². The lowest BCUT2D eigenvalue weighted by molar-refractivity contribution is -0.221. The minimum atomic E-state index is -1.28. The third-order valence-electron chi connectivity index (χ3n) is 3.22. The fourth-order valence-corrected chi connectivity index (χ4v) is 2.47. The molecule has 2 saturated heterocycles. The predicted octanol–water partition coefficient (Wildman–Crippen LogP) is 0.524. The molecule has 0 saturated carbocycles. The van der Waals surface area contributed by atoms with Crippen LogP contribution in [0.1, 0.15) is 33.6 Å². The van der Waals surface area contributed by atoms with Crippen LogP contribution < -0.4 is 0 Å². The Morgan fingerprint density at radius 2 is 2.11 bits per heavy atom. The lowest BCUT2D eigenvalue weighted by Crippen LogP contribution is -2.67. The van der Waals surface area contributed by atoms with Gasteiger partial charge in [-0.15, -0.1) is 0 Å². The van der Waals surface area contributed by atoms with Crippen LogP contribution in [0.4, 0.5) is 0 Å². The molecule has 0 amide bonds. The van der Waals surface area contributed by atoms with Gasteiger partial charge in [-0.25, -0.2) is 19.6 Å². The Morgan fingerprint density at radius 1 is 1.44 bits per heavy atom. The van der Waals surface area contributed by atoms with Gasteiger partial charge in [-0.2, -0.15) is 0 Å². The fourth-order valence-electron chi connectivity index (χ4n) is 2.47. The van der Waals surface area contributed by atoms with Gasteiger partial charge in [0.2, 0.25) is 5.54 Å². The Hall–Kier alpha value is -1.14. The molecule has 2 heterocycles. The van der Waals surface area contributed by atoms with E-state index < -0.39 is 23.1 Å². The molecule has 0 unspecified atom stereocenters. The van der Waals surface area contributed by atoms with E-state index in [2.05, 4.69) is 0 Å². The average Bonchev–Trinajstić information content (AvgIpc) is 2.68. The standard InChI is InChI=1S/C12H20N2O4/c1-11(2,3)18-10(16)12-6-5-7-14(12)13(4)8-17-9(12)15/h5-8H2,1-4H3/t12-/m0/s1. The van der Waals surface area contributed by atoms with Crippen molar-refractivity contribution in [3.63, 3.8) is 0 Å². The van der Waals surface area contributed by atoms with Crippen LogP contribution in [-0.4, -0.2) is 53.4 Å². The SMILES string of the molecule is CN1COC(=O)[C@]2(C(=O)OC(C)(C)C)CCCN12. The summed E-state index contributed by atoms with van der Waals surface area (Å²) in [4.78, 5) is 24.5. The first-order valence-corrected chi connectivity index (χ1v) is 6.17. The van der Waals surface area contributed by atoms with E-state index in [9.17, 15) is 9.59 Å². The van der Waals surface area contributed by atoms with Crippen molar-refractivity contribution in [3.8, 4) is 0 Å². The lowest BCUT2D eigenvalue weighted by atomic mass is 9.96. The molecule has 0 aliphatic carbocycles. The summed E-state index contributed by atoms with van der Waals surface area (Å²) in [6, 6.07) is 0. The van der Waals surface area contributed by atoms with E-state index >= 15 is 0 Å². The topological polar surface area (TPSA) is 59.1 Å². The molecule has 0 spiro atoms. The van der Waals surface area contributed by atoms with Crippen LogP contribution in [-0.2, 0) is 19.1 Å². The zero-order valence-corrected chi connectivity index (χ0v) is 11.4. The summed E-state index contributed by atoms with van der Waals surface area (Å²) >= 11 is 0. The molecular weight excluding hydrogens is 236 g/mol. The van der Waals surface area contributed by atoms with Crippen molar-refractivity contribution in [2.45, 2.75) is 44.8 Å². The van der Waals surface area contributed by atoms with Gasteiger partial charge in [0, 0.05) is 13.6 Å². The van der Waals surface area contributed by atoms with Crippen molar-refractivity contribution in [1.82, 2.24) is 10.0 Å². The molecule has 0 aromatic rings. The Morgan fingerprint density at radius 3 is 2.72 bits per heavy atom. The number of esters is 2. The maximum Gasteiger partial charge on any atom is 0.341 e. The number of rotatable bonds is 1. The van der Waals surface area contributed by atoms with Crippen LogP contribution in [0.25, 0.3) is 0 Å². The molecule has 2 fully saturated rings. The largest absolute Gasteiger partial charge is 0.458 e. The third kappa shape index (κ3) is 1.99. The number of fused-ring (bicyclic) bond motifs is 1. The zero-order valence-electron chi connectivity index (χ0n) is 11.4. The summed E-state index contributed by atoms with van der Waals surface area (Å²) in [6.45, 7) is 6.23. The van der Waals surface area contributed by atoms with Crippen LogP contribution in [0.5, 0.6) is 0 Å². The van der Waals surface area contributed by atoms with Gasteiger partial charge in [0.25, 0.3) is 0 Å². The third-order valence-corrected chi connectivity index (χ3v) is 3.22. The van der Waals surface area contributed by atoms with Gasteiger partial charge in [0.15, 0.2) is 6.73 Å². The van der Waals surface area contributed by atoms with Gasteiger partial charge >= 0.3 is 11.9 Å². The van der Waals surface area contributed by atoms with E-state index in [-0.39, 0.29) is 6.73 Å². The summed E-state index contributed by atoms with van der Waals surface area (Å²) < 4.78 is 10.5. The van der Waals surface area contributed by atoms with E-state index in [1.165, 1.54) is 0 Å². The van der Waals surface area contributed by atoms with Crippen molar-refractivity contribution in [2.75, 3.05) is 20.3 Å². The van der Waals surface area contributed by atoms with Crippen LogP contribution in [0, 0.1) is 0 Å². The van der Waals surface area contributed by atoms with E-state index in [1.807, 2.05) is 0 Å². The second kappa shape index (κ2) is 4.20. The number of carbonyl (C=O) groups excluding carboxylic acids is 2. The first-order valence-electron chi connectivity index (χ1n) is 6.17. The number of cyclic esters (lactones) is 1. The maximum atomic E-state index is 12.4. The van der Waals surface area contributed by atoms with E-state index in [0.717, 1.165) is 6.42 Å². The van der Waals surface area contributed by atoms with Crippen molar-refractivity contribution in [2.24, 2.45) is 0 Å². The van der Waals surface area contributed by atoms with Gasteiger partial charge in [-0.1, -0.05) is 0 Å². The van der Waals surface area contributed by atoms with E-state index in [1.54, 1.807) is 37.8 Å². The molecule has 1 atom stereocenters. The molecule has 0 N–H and O–H groups in total. The lowest BCUT2D eigenvalue weighted by Gasteiger charge is -2.43. The van der Waals surface area contributed by atoms with Crippen LogP contribution in [0.2, 0.25) is 0 Å². The molecule has 6 nitrogen and oxygen atoms in total. The number of nitrogens with zero attached hydrogens (tertiary/aromatic N) is 2. The molecule has 0 aromatic carbocycles. The smallest absolute Gasteiger partial charge is 0.341 e. The first-order chi connectivity index (χ1) is 8.27. The second-order valence-corrected chi connectivity index (χ2v) is 5.81. The molecule has 0 radical (unpaired) electrons. The number of hydrazine groups is 1. The Labute approximate surface area is 107 Å². The Balaban J connectivity index is 2.30. The molecular formula is C12H20N2O4. The summed E-state index contributed by atoms with van der Waals surface area (Å²) in [6.07, 6.45) is 1.23. The zero-order chi connectivity index (χ0) is 13.6. The Kier molecular flexibility index (Phi) is 3.11. The van der Waals surface area contributed by atoms with Crippen molar-refractivity contribution in [3.05, 3.63) is 0 Å². The van der Waals surface area contributed by atoms with Gasteiger partial charge in [0.1, 0.15) is 5.60 Å². The fraction of sp³-hybridized carbons (Fsp3) is 0.833.